The van der Waals surface area contributed by atoms with Crippen LogP contribution in [-0.4, -0.2) is 5.97 Å². The molecular formula is C19H26O2. The van der Waals surface area contributed by atoms with Gasteiger partial charge in [-0.3, -0.25) is 4.79 Å². The second kappa shape index (κ2) is 6.05. The monoisotopic (exact) mass is 286 g/mol. The van der Waals surface area contributed by atoms with E-state index in [0.29, 0.717) is 6.42 Å². The van der Waals surface area contributed by atoms with Crippen molar-refractivity contribution in [2.75, 3.05) is 0 Å². The number of hydrogen-bond donors (Lipinski definition) is 0. The van der Waals surface area contributed by atoms with Crippen molar-refractivity contribution < 1.29 is 9.53 Å². The van der Waals surface area contributed by atoms with E-state index in [0.717, 1.165) is 25.7 Å². The Morgan fingerprint density at radius 1 is 1.33 bits per heavy atom. The Bertz CT molecular complexity index is 525. The second-order valence-corrected chi connectivity index (χ2v) is 6.99. The summed E-state index contributed by atoms with van der Waals surface area (Å²) in [5.74, 6) is -0.138. The smallest absolute Gasteiger partial charge is 0.312 e. The Morgan fingerprint density at radius 3 is 2.71 bits per heavy atom. The van der Waals surface area contributed by atoms with E-state index in [4.69, 9.17) is 4.74 Å². The van der Waals surface area contributed by atoms with Crippen molar-refractivity contribution in [2.45, 2.75) is 58.5 Å². The minimum absolute atomic E-state index is 0.138. The molecular weight excluding hydrogens is 260 g/mol. The summed E-state index contributed by atoms with van der Waals surface area (Å²) in [6.45, 7) is 9.59. The number of rotatable bonds is 3. The van der Waals surface area contributed by atoms with Crippen LogP contribution in [0.15, 0.2) is 36.9 Å². The van der Waals surface area contributed by atoms with Gasteiger partial charge in [-0.2, -0.15) is 0 Å². The Kier molecular flexibility index (Phi) is 4.55. The van der Waals surface area contributed by atoms with Crippen LogP contribution in [0.25, 0.3) is 0 Å². The molecule has 2 heteroatoms. The first-order valence-electron chi connectivity index (χ1n) is 7.82. The molecule has 0 amide bonds. The summed E-state index contributed by atoms with van der Waals surface area (Å²) >= 11 is 0. The topological polar surface area (TPSA) is 26.3 Å². The minimum Gasteiger partial charge on any atom is -0.453 e. The van der Waals surface area contributed by atoms with E-state index >= 15 is 0 Å². The van der Waals surface area contributed by atoms with Crippen molar-refractivity contribution in [3.63, 3.8) is 0 Å². The van der Waals surface area contributed by atoms with Gasteiger partial charge in [0.25, 0.3) is 0 Å². The van der Waals surface area contributed by atoms with Gasteiger partial charge in [-0.05, 0) is 57.6 Å². The molecule has 1 aromatic rings. The van der Waals surface area contributed by atoms with Crippen LogP contribution in [0, 0.1) is 5.41 Å². The van der Waals surface area contributed by atoms with E-state index in [-0.39, 0.29) is 5.97 Å². The number of ether oxygens (including phenoxy) is 1. The maximum atomic E-state index is 12.5. The summed E-state index contributed by atoms with van der Waals surface area (Å²) in [5, 5.41) is 0. The third kappa shape index (κ3) is 3.37. The fraction of sp³-hybridized carbons (Fsp3) is 0.526. The maximum Gasteiger partial charge on any atom is 0.312 e. The largest absolute Gasteiger partial charge is 0.453 e. The van der Waals surface area contributed by atoms with Crippen LogP contribution in [0.3, 0.4) is 0 Å². The molecule has 0 aromatic heterocycles. The Balaban J connectivity index is 2.46. The molecule has 1 unspecified atom stereocenters. The summed E-state index contributed by atoms with van der Waals surface area (Å²) in [6.07, 6.45) is 6.69. The van der Waals surface area contributed by atoms with Gasteiger partial charge in [0, 0.05) is 6.42 Å². The summed E-state index contributed by atoms with van der Waals surface area (Å²) in [5.41, 5.74) is 1.44. The van der Waals surface area contributed by atoms with E-state index in [1.165, 1.54) is 11.1 Å². The lowest BCUT2D eigenvalue weighted by Crippen LogP contribution is -2.37. The molecule has 0 N–H and O–H groups in total. The fourth-order valence-corrected chi connectivity index (χ4v) is 2.97. The number of fused-ring (bicyclic) bond motifs is 1. The van der Waals surface area contributed by atoms with Gasteiger partial charge < -0.3 is 4.74 Å². The maximum absolute atomic E-state index is 12.5. The van der Waals surface area contributed by atoms with Crippen molar-refractivity contribution in [3.05, 3.63) is 48.0 Å². The van der Waals surface area contributed by atoms with Crippen LogP contribution < -0.4 is 0 Å². The van der Waals surface area contributed by atoms with Crippen molar-refractivity contribution >= 4 is 5.97 Å². The van der Waals surface area contributed by atoms with E-state index in [1.54, 1.807) is 0 Å². The molecule has 1 atom stereocenters. The van der Waals surface area contributed by atoms with Gasteiger partial charge in [0.1, 0.15) is 5.60 Å². The third-order valence-electron chi connectivity index (χ3n) is 4.16. The van der Waals surface area contributed by atoms with E-state index in [9.17, 15) is 4.79 Å². The lowest BCUT2D eigenvalue weighted by atomic mass is 9.84. The molecule has 2 nitrogen and oxygen atoms in total. The standard InChI is InChI=1S/C19H26O2/c1-5-13-19(21-17(20)18(2,3)4)14-9-8-11-15-10-6-7-12-16(15)19/h5-7,10,12H,1,8-9,11,13-14H2,2-4H3. The molecule has 114 valence electrons. The lowest BCUT2D eigenvalue weighted by molar-refractivity contribution is -0.171. The SMILES string of the molecule is C=CCC1(OC(=O)C(C)(C)C)CCCCc2ccccc21. The molecule has 0 saturated carbocycles. The molecule has 0 heterocycles. The molecule has 0 spiro atoms. The fourth-order valence-electron chi connectivity index (χ4n) is 2.97. The number of hydrogen-bond acceptors (Lipinski definition) is 2. The van der Waals surface area contributed by atoms with Gasteiger partial charge in [-0.15, -0.1) is 6.58 Å². The first kappa shape index (κ1) is 15.8. The predicted octanol–water partition coefficient (Wildman–Crippen LogP) is 4.77. The van der Waals surface area contributed by atoms with Gasteiger partial charge in [-0.25, -0.2) is 0 Å². The highest BCUT2D eigenvalue weighted by atomic mass is 16.6. The van der Waals surface area contributed by atoms with Gasteiger partial charge in [0.2, 0.25) is 0 Å². The van der Waals surface area contributed by atoms with Crippen LogP contribution in [-0.2, 0) is 21.6 Å². The van der Waals surface area contributed by atoms with Crippen molar-refractivity contribution in [1.29, 1.82) is 0 Å². The summed E-state index contributed by atoms with van der Waals surface area (Å²) in [4.78, 5) is 12.5. The first-order chi connectivity index (χ1) is 9.89. The molecule has 21 heavy (non-hydrogen) atoms. The summed E-state index contributed by atoms with van der Waals surface area (Å²) in [6, 6.07) is 8.37. The molecule has 0 saturated heterocycles. The molecule has 0 radical (unpaired) electrons. The lowest BCUT2D eigenvalue weighted by Gasteiger charge is -2.36. The van der Waals surface area contributed by atoms with Crippen molar-refractivity contribution in [1.82, 2.24) is 0 Å². The number of benzene rings is 1. The normalized spacial score (nSPS) is 22.0. The molecule has 0 aliphatic heterocycles. The molecule has 0 fully saturated rings. The molecule has 1 aliphatic rings. The first-order valence-corrected chi connectivity index (χ1v) is 7.82. The molecule has 1 aromatic carbocycles. The van der Waals surface area contributed by atoms with Gasteiger partial charge in [-0.1, -0.05) is 30.3 Å². The van der Waals surface area contributed by atoms with Crippen molar-refractivity contribution in [2.24, 2.45) is 5.41 Å². The average Bonchev–Trinajstić information content (AvgIpc) is 2.59. The number of aryl methyl sites for hydroxylation is 1. The number of esters is 1. The Morgan fingerprint density at radius 2 is 2.05 bits per heavy atom. The highest BCUT2D eigenvalue weighted by Gasteiger charge is 2.40. The number of carbonyl (C=O) groups excluding carboxylic acids is 1. The second-order valence-electron chi connectivity index (χ2n) is 6.99. The Labute approximate surface area is 128 Å². The molecule has 1 aliphatic carbocycles. The third-order valence-corrected chi connectivity index (χ3v) is 4.16. The zero-order valence-corrected chi connectivity index (χ0v) is 13.4. The van der Waals surface area contributed by atoms with Crippen LogP contribution in [0.1, 0.15) is 57.6 Å². The van der Waals surface area contributed by atoms with E-state index in [2.05, 4.69) is 24.8 Å². The zero-order valence-electron chi connectivity index (χ0n) is 13.4. The van der Waals surface area contributed by atoms with E-state index in [1.807, 2.05) is 32.9 Å². The van der Waals surface area contributed by atoms with Crippen LogP contribution in [0.4, 0.5) is 0 Å². The Hall–Kier alpha value is -1.57. The van der Waals surface area contributed by atoms with Crippen LogP contribution >= 0.6 is 0 Å². The van der Waals surface area contributed by atoms with Gasteiger partial charge in [0.15, 0.2) is 0 Å². The zero-order chi connectivity index (χ0) is 15.5. The van der Waals surface area contributed by atoms with Crippen molar-refractivity contribution in [3.8, 4) is 0 Å². The predicted molar refractivity (Wildman–Crippen MR) is 86.0 cm³/mol. The average molecular weight is 286 g/mol. The quantitative estimate of drug-likeness (QED) is 0.454. The van der Waals surface area contributed by atoms with Gasteiger partial charge in [0.05, 0.1) is 5.41 Å². The van der Waals surface area contributed by atoms with Crippen LogP contribution in [0.2, 0.25) is 0 Å². The molecule has 0 bridgehead atoms. The highest BCUT2D eigenvalue weighted by Crippen LogP contribution is 2.41. The summed E-state index contributed by atoms with van der Waals surface area (Å²) in [7, 11) is 0. The highest BCUT2D eigenvalue weighted by molar-refractivity contribution is 5.76. The number of carbonyl (C=O) groups is 1. The van der Waals surface area contributed by atoms with Gasteiger partial charge >= 0.3 is 5.97 Å². The van der Waals surface area contributed by atoms with E-state index < -0.39 is 11.0 Å². The molecule has 2 rings (SSSR count). The minimum atomic E-state index is -0.542. The summed E-state index contributed by atoms with van der Waals surface area (Å²) < 4.78 is 6.08. The van der Waals surface area contributed by atoms with Crippen LogP contribution in [0.5, 0.6) is 0 Å².